The molecule has 8 heteroatoms. The number of nitro groups is 1. The molecule has 0 atom stereocenters. The number of nitrogens with one attached hydrogen (secondary N) is 1. The Kier molecular flexibility index (Phi) is 4.88. The van der Waals surface area contributed by atoms with Crippen LogP contribution < -0.4 is 10.2 Å². The van der Waals surface area contributed by atoms with Gasteiger partial charge in [0.25, 0.3) is 11.6 Å². The number of hydrazone groups is 1. The smallest absolute Gasteiger partial charge is 0.271 e. The number of aromatic hydroxyl groups is 1. The SMILES string of the molecule is COc1cccc(/C=N/NC(=O)c2ccc([N+](=O)[O-])cc2)c1O. The van der Waals surface area contributed by atoms with Crippen molar-refractivity contribution >= 4 is 17.8 Å². The number of benzene rings is 2. The molecule has 0 saturated heterocycles. The number of hydrogen-bond acceptors (Lipinski definition) is 6. The van der Waals surface area contributed by atoms with Crippen LogP contribution in [0.5, 0.6) is 11.5 Å². The van der Waals surface area contributed by atoms with Crippen molar-refractivity contribution in [1.29, 1.82) is 0 Å². The Morgan fingerprint density at radius 2 is 2.00 bits per heavy atom. The average Bonchev–Trinajstić information content (AvgIpc) is 2.56. The molecule has 0 fully saturated rings. The van der Waals surface area contributed by atoms with Crippen LogP contribution in [0.2, 0.25) is 0 Å². The van der Waals surface area contributed by atoms with Gasteiger partial charge in [0, 0.05) is 23.3 Å². The van der Waals surface area contributed by atoms with Gasteiger partial charge >= 0.3 is 0 Å². The molecule has 0 unspecified atom stereocenters. The number of nitrogens with zero attached hydrogens (tertiary/aromatic N) is 2. The summed E-state index contributed by atoms with van der Waals surface area (Å²) in [5, 5.41) is 24.1. The molecule has 0 bridgehead atoms. The van der Waals surface area contributed by atoms with E-state index >= 15 is 0 Å². The molecule has 2 N–H and O–H groups in total. The Labute approximate surface area is 131 Å². The summed E-state index contributed by atoms with van der Waals surface area (Å²) in [5.41, 5.74) is 2.76. The Morgan fingerprint density at radius 1 is 1.30 bits per heavy atom. The molecule has 0 saturated carbocycles. The fourth-order valence-corrected chi connectivity index (χ4v) is 1.77. The molecule has 0 aliphatic rings. The Morgan fingerprint density at radius 3 is 2.61 bits per heavy atom. The quantitative estimate of drug-likeness (QED) is 0.498. The molecule has 0 heterocycles. The van der Waals surface area contributed by atoms with Crippen LogP contribution in [0.4, 0.5) is 5.69 Å². The third-order valence-electron chi connectivity index (χ3n) is 2.96. The van der Waals surface area contributed by atoms with Gasteiger partial charge in [0.15, 0.2) is 11.5 Å². The van der Waals surface area contributed by atoms with E-state index < -0.39 is 10.8 Å². The highest BCUT2D eigenvalue weighted by molar-refractivity contribution is 5.95. The van der Waals surface area contributed by atoms with E-state index in [1.165, 1.54) is 37.6 Å². The maximum absolute atomic E-state index is 11.8. The summed E-state index contributed by atoms with van der Waals surface area (Å²) in [7, 11) is 1.42. The fraction of sp³-hybridized carbons (Fsp3) is 0.0667. The maximum Gasteiger partial charge on any atom is 0.271 e. The van der Waals surface area contributed by atoms with E-state index in [1.807, 2.05) is 0 Å². The largest absolute Gasteiger partial charge is 0.504 e. The minimum Gasteiger partial charge on any atom is -0.504 e. The average molecular weight is 315 g/mol. The van der Waals surface area contributed by atoms with E-state index in [0.717, 1.165) is 0 Å². The first-order valence-electron chi connectivity index (χ1n) is 6.46. The number of para-hydroxylation sites is 1. The summed E-state index contributed by atoms with van der Waals surface area (Å²) in [6, 6.07) is 9.95. The van der Waals surface area contributed by atoms with E-state index in [4.69, 9.17) is 4.74 Å². The highest BCUT2D eigenvalue weighted by atomic mass is 16.6. The molecule has 0 aromatic heterocycles. The molecule has 118 valence electrons. The second kappa shape index (κ2) is 7.03. The number of amides is 1. The summed E-state index contributed by atoms with van der Waals surface area (Å²) in [6.45, 7) is 0. The fourth-order valence-electron chi connectivity index (χ4n) is 1.77. The highest BCUT2D eigenvalue weighted by Gasteiger charge is 2.09. The van der Waals surface area contributed by atoms with Gasteiger partial charge in [0.05, 0.1) is 18.2 Å². The normalized spacial score (nSPS) is 10.5. The molecule has 1 amide bonds. The van der Waals surface area contributed by atoms with Crippen molar-refractivity contribution < 1.29 is 19.6 Å². The topological polar surface area (TPSA) is 114 Å². The number of carbonyl (C=O) groups excluding carboxylic acids is 1. The molecular formula is C15H13N3O5. The maximum atomic E-state index is 11.8. The summed E-state index contributed by atoms with van der Waals surface area (Å²) in [5.74, 6) is -0.336. The van der Waals surface area contributed by atoms with Gasteiger partial charge in [-0.1, -0.05) is 6.07 Å². The first-order valence-corrected chi connectivity index (χ1v) is 6.46. The van der Waals surface area contributed by atoms with Gasteiger partial charge in [-0.25, -0.2) is 5.43 Å². The predicted molar refractivity (Wildman–Crippen MR) is 82.8 cm³/mol. The standard InChI is InChI=1S/C15H13N3O5/c1-23-13-4-2-3-11(14(13)19)9-16-17-15(20)10-5-7-12(8-6-10)18(21)22/h2-9,19H,1H3,(H,17,20)/b16-9+. The van der Waals surface area contributed by atoms with Crippen LogP contribution in [0.15, 0.2) is 47.6 Å². The minimum absolute atomic E-state index is 0.0941. The third-order valence-corrected chi connectivity index (χ3v) is 2.96. The summed E-state index contributed by atoms with van der Waals surface area (Å²) < 4.78 is 4.96. The van der Waals surface area contributed by atoms with Gasteiger partial charge < -0.3 is 9.84 Å². The molecule has 8 nitrogen and oxygen atoms in total. The third kappa shape index (κ3) is 3.82. The van der Waals surface area contributed by atoms with Gasteiger partial charge in [-0.3, -0.25) is 14.9 Å². The van der Waals surface area contributed by atoms with Crippen LogP contribution in [0.1, 0.15) is 15.9 Å². The monoisotopic (exact) mass is 315 g/mol. The summed E-state index contributed by atoms with van der Waals surface area (Å²) in [4.78, 5) is 21.8. The molecule has 2 aromatic rings. The number of non-ortho nitro benzene ring substituents is 1. The number of methoxy groups -OCH3 is 1. The molecule has 0 radical (unpaired) electrons. The Hall–Kier alpha value is -3.42. The molecule has 0 aliphatic carbocycles. The van der Waals surface area contributed by atoms with E-state index in [-0.39, 0.29) is 22.7 Å². The Bertz CT molecular complexity index is 756. The predicted octanol–water partition coefficient (Wildman–Crippen LogP) is 2.07. The lowest BCUT2D eigenvalue weighted by Crippen LogP contribution is -2.17. The van der Waals surface area contributed by atoms with E-state index in [9.17, 15) is 20.0 Å². The second-order valence-electron chi connectivity index (χ2n) is 4.40. The number of phenols is 1. The van der Waals surface area contributed by atoms with Crippen molar-refractivity contribution in [2.45, 2.75) is 0 Å². The first kappa shape index (κ1) is 16.0. The van der Waals surface area contributed by atoms with E-state index in [2.05, 4.69) is 10.5 Å². The van der Waals surface area contributed by atoms with Crippen LogP contribution >= 0.6 is 0 Å². The van der Waals surface area contributed by atoms with Crippen molar-refractivity contribution in [3.05, 3.63) is 63.7 Å². The van der Waals surface area contributed by atoms with Crippen molar-refractivity contribution in [2.75, 3.05) is 7.11 Å². The van der Waals surface area contributed by atoms with Gasteiger partial charge in [-0.2, -0.15) is 5.10 Å². The first-order chi connectivity index (χ1) is 11.0. The van der Waals surface area contributed by atoms with Crippen molar-refractivity contribution in [3.8, 4) is 11.5 Å². The zero-order chi connectivity index (χ0) is 16.8. The lowest BCUT2D eigenvalue weighted by atomic mass is 10.2. The van der Waals surface area contributed by atoms with Crippen LogP contribution in [-0.2, 0) is 0 Å². The minimum atomic E-state index is -0.550. The molecular weight excluding hydrogens is 302 g/mol. The van der Waals surface area contributed by atoms with Crippen molar-refractivity contribution in [2.24, 2.45) is 5.10 Å². The van der Waals surface area contributed by atoms with Gasteiger partial charge in [0.1, 0.15) is 0 Å². The second-order valence-corrected chi connectivity index (χ2v) is 4.40. The lowest BCUT2D eigenvalue weighted by molar-refractivity contribution is -0.384. The zero-order valence-electron chi connectivity index (χ0n) is 12.1. The van der Waals surface area contributed by atoms with Crippen molar-refractivity contribution in [1.82, 2.24) is 5.43 Å². The van der Waals surface area contributed by atoms with Gasteiger partial charge in [-0.15, -0.1) is 0 Å². The van der Waals surface area contributed by atoms with Crippen molar-refractivity contribution in [3.63, 3.8) is 0 Å². The Balaban J connectivity index is 2.05. The number of nitro benzene ring substituents is 1. The van der Waals surface area contributed by atoms with Crippen LogP contribution in [0.3, 0.4) is 0 Å². The lowest BCUT2D eigenvalue weighted by Gasteiger charge is -2.05. The zero-order valence-corrected chi connectivity index (χ0v) is 12.1. The number of ether oxygens (including phenoxy) is 1. The molecule has 2 rings (SSSR count). The van der Waals surface area contributed by atoms with Crippen LogP contribution in [-0.4, -0.2) is 29.3 Å². The van der Waals surface area contributed by atoms with Crippen LogP contribution in [0, 0.1) is 10.1 Å². The van der Waals surface area contributed by atoms with E-state index in [1.54, 1.807) is 18.2 Å². The molecule has 0 aliphatic heterocycles. The number of phenolic OH excluding ortho intramolecular Hbond substituents is 1. The highest BCUT2D eigenvalue weighted by Crippen LogP contribution is 2.27. The number of carbonyl (C=O) groups is 1. The summed E-state index contributed by atoms with van der Waals surface area (Å²) in [6.07, 6.45) is 1.27. The van der Waals surface area contributed by atoms with E-state index in [0.29, 0.717) is 5.56 Å². The summed E-state index contributed by atoms with van der Waals surface area (Å²) >= 11 is 0. The molecule has 0 spiro atoms. The van der Waals surface area contributed by atoms with Gasteiger partial charge in [0.2, 0.25) is 0 Å². The number of hydrogen-bond donors (Lipinski definition) is 2. The molecule has 23 heavy (non-hydrogen) atoms. The van der Waals surface area contributed by atoms with Crippen LogP contribution in [0.25, 0.3) is 0 Å². The van der Waals surface area contributed by atoms with Gasteiger partial charge in [-0.05, 0) is 24.3 Å². The number of rotatable bonds is 5. The molecule has 2 aromatic carbocycles.